The Hall–Kier alpha value is -1.02. The van der Waals surface area contributed by atoms with Crippen LogP contribution in [-0.4, -0.2) is 17.3 Å². The molecule has 0 atom stereocenters. The van der Waals surface area contributed by atoms with Gasteiger partial charge >= 0.3 is 0 Å². The van der Waals surface area contributed by atoms with Gasteiger partial charge in [-0.3, -0.25) is 0 Å². The Morgan fingerprint density at radius 3 is 2.23 bits per heavy atom. The van der Waals surface area contributed by atoms with Crippen LogP contribution >= 0.6 is 0 Å². The zero-order valence-corrected chi connectivity index (χ0v) is 8.46. The predicted molar refractivity (Wildman–Crippen MR) is 56.0 cm³/mol. The van der Waals surface area contributed by atoms with Crippen molar-refractivity contribution in [3.8, 4) is 0 Å². The van der Waals surface area contributed by atoms with Crippen LogP contribution in [0.3, 0.4) is 0 Å². The molecule has 72 valence electrons. The lowest BCUT2D eigenvalue weighted by atomic mass is 10.1. The molecule has 0 aliphatic rings. The topological polar surface area (TPSA) is 32.3 Å². The van der Waals surface area contributed by atoms with Crippen molar-refractivity contribution in [2.75, 3.05) is 11.9 Å². The smallest absolute Gasteiger partial charge is 0.0763 e. The predicted octanol–water partition coefficient (Wildman–Crippen LogP) is 2.18. The SMILES string of the molecule is Cc1ccc(NCC(C)(C)O)cc1. The fraction of sp³-hybridized carbons (Fsp3) is 0.455. The van der Waals surface area contributed by atoms with Crippen LogP contribution in [0.25, 0.3) is 0 Å². The Balaban J connectivity index is 2.51. The fourth-order valence-corrected chi connectivity index (χ4v) is 0.990. The van der Waals surface area contributed by atoms with Crippen LogP contribution < -0.4 is 5.32 Å². The summed E-state index contributed by atoms with van der Waals surface area (Å²) in [6.07, 6.45) is 0. The van der Waals surface area contributed by atoms with E-state index in [9.17, 15) is 5.11 Å². The molecule has 13 heavy (non-hydrogen) atoms. The van der Waals surface area contributed by atoms with Crippen LogP contribution in [0, 0.1) is 6.92 Å². The van der Waals surface area contributed by atoms with E-state index in [1.807, 2.05) is 24.3 Å². The second-order valence-corrected chi connectivity index (χ2v) is 4.03. The highest BCUT2D eigenvalue weighted by atomic mass is 16.3. The first kappa shape index (κ1) is 10.1. The average molecular weight is 179 g/mol. The van der Waals surface area contributed by atoms with E-state index in [1.165, 1.54) is 5.56 Å². The van der Waals surface area contributed by atoms with E-state index in [0.717, 1.165) is 5.69 Å². The standard InChI is InChI=1S/C11H17NO/c1-9-4-6-10(7-5-9)12-8-11(2,3)13/h4-7,12-13H,8H2,1-3H3. The molecule has 1 aromatic rings. The van der Waals surface area contributed by atoms with Crippen molar-refractivity contribution in [1.29, 1.82) is 0 Å². The lowest BCUT2D eigenvalue weighted by Crippen LogP contribution is -2.29. The van der Waals surface area contributed by atoms with Crippen molar-refractivity contribution in [2.24, 2.45) is 0 Å². The van der Waals surface area contributed by atoms with Crippen LogP contribution in [0.1, 0.15) is 19.4 Å². The van der Waals surface area contributed by atoms with E-state index in [2.05, 4.69) is 12.2 Å². The number of aryl methyl sites for hydroxylation is 1. The van der Waals surface area contributed by atoms with E-state index < -0.39 is 5.60 Å². The second kappa shape index (κ2) is 3.79. The Labute approximate surface area is 79.6 Å². The summed E-state index contributed by atoms with van der Waals surface area (Å²) < 4.78 is 0. The van der Waals surface area contributed by atoms with Gasteiger partial charge in [0.1, 0.15) is 0 Å². The van der Waals surface area contributed by atoms with Gasteiger partial charge < -0.3 is 10.4 Å². The first-order valence-electron chi connectivity index (χ1n) is 4.50. The molecule has 0 radical (unpaired) electrons. The summed E-state index contributed by atoms with van der Waals surface area (Å²) >= 11 is 0. The van der Waals surface area contributed by atoms with Gasteiger partial charge in [-0.25, -0.2) is 0 Å². The number of benzene rings is 1. The number of hydrogen-bond donors (Lipinski definition) is 2. The minimum atomic E-state index is -0.662. The van der Waals surface area contributed by atoms with Crippen LogP contribution in [0.5, 0.6) is 0 Å². The molecule has 2 nitrogen and oxygen atoms in total. The number of aliphatic hydroxyl groups is 1. The molecule has 0 aliphatic heterocycles. The molecule has 0 heterocycles. The maximum atomic E-state index is 9.47. The van der Waals surface area contributed by atoms with Crippen molar-refractivity contribution in [3.05, 3.63) is 29.8 Å². The zero-order valence-electron chi connectivity index (χ0n) is 8.46. The van der Waals surface area contributed by atoms with E-state index in [1.54, 1.807) is 13.8 Å². The maximum Gasteiger partial charge on any atom is 0.0763 e. The van der Waals surface area contributed by atoms with Crippen molar-refractivity contribution in [3.63, 3.8) is 0 Å². The molecule has 1 rings (SSSR count). The molecule has 0 saturated heterocycles. The second-order valence-electron chi connectivity index (χ2n) is 4.03. The molecule has 0 amide bonds. The molecule has 0 unspecified atom stereocenters. The first-order valence-corrected chi connectivity index (χ1v) is 4.50. The van der Waals surface area contributed by atoms with Crippen molar-refractivity contribution < 1.29 is 5.11 Å². The summed E-state index contributed by atoms with van der Waals surface area (Å²) in [5, 5.41) is 12.6. The monoisotopic (exact) mass is 179 g/mol. The summed E-state index contributed by atoms with van der Waals surface area (Å²) in [5.74, 6) is 0. The molecule has 2 heteroatoms. The van der Waals surface area contributed by atoms with Crippen LogP contribution in [0.15, 0.2) is 24.3 Å². The quantitative estimate of drug-likeness (QED) is 0.745. The number of hydrogen-bond acceptors (Lipinski definition) is 2. The van der Waals surface area contributed by atoms with Crippen LogP contribution in [0.4, 0.5) is 5.69 Å². The zero-order chi connectivity index (χ0) is 9.90. The van der Waals surface area contributed by atoms with E-state index in [0.29, 0.717) is 6.54 Å². The Kier molecular flexibility index (Phi) is 2.94. The maximum absolute atomic E-state index is 9.47. The summed E-state index contributed by atoms with van der Waals surface area (Å²) in [7, 11) is 0. The number of rotatable bonds is 3. The van der Waals surface area contributed by atoms with E-state index in [-0.39, 0.29) is 0 Å². The van der Waals surface area contributed by atoms with Crippen molar-refractivity contribution in [2.45, 2.75) is 26.4 Å². The lowest BCUT2D eigenvalue weighted by molar-refractivity contribution is 0.0945. The molecular weight excluding hydrogens is 162 g/mol. The minimum Gasteiger partial charge on any atom is -0.389 e. The summed E-state index contributed by atoms with van der Waals surface area (Å²) in [5.41, 5.74) is 1.63. The third-order valence-electron chi connectivity index (χ3n) is 1.78. The average Bonchev–Trinajstić information content (AvgIpc) is 2.02. The fourth-order valence-electron chi connectivity index (χ4n) is 0.990. The van der Waals surface area contributed by atoms with E-state index >= 15 is 0 Å². The Morgan fingerprint density at radius 1 is 1.23 bits per heavy atom. The molecule has 0 bridgehead atoms. The van der Waals surface area contributed by atoms with Gasteiger partial charge in [0.25, 0.3) is 0 Å². The molecule has 1 aromatic carbocycles. The summed E-state index contributed by atoms with van der Waals surface area (Å²) in [6, 6.07) is 8.13. The first-order chi connectivity index (χ1) is 5.97. The van der Waals surface area contributed by atoms with Crippen LogP contribution in [0.2, 0.25) is 0 Å². The third kappa shape index (κ3) is 3.95. The van der Waals surface area contributed by atoms with Gasteiger partial charge in [0.2, 0.25) is 0 Å². The van der Waals surface area contributed by atoms with Gasteiger partial charge in [-0.05, 0) is 32.9 Å². The number of anilines is 1. The number of nitrogens with one attached hydrogen (secondary N) is 1. The molecule has 0 aromatic heterocycles. The van der Waals surface area contributed by atoms with Crippen LogP contribution in [-0.2, 0) is 0 Å². The van der Waals surface area contributed by atoms with Gasteiger partial charge in [-0.2, -0.15) is 0 Å². The van der Waals surface area contributed by atoms with Gasteiger partial charge in [0.15, 0.2) is 0 Å². The molecule has 0 saturated carbocycles. The Bertz CT molecular complexity index is 258. The lowest BCUT2D eigenvalue weighted by Gasteiger charge is -2.18. The largest absolute Gasteiger partial charge is 0.389 e. The molecule has 0 aliphatic carbocycles. The van der Waals surface area contributed by atoms with Gasteiger partial charge in [-0.15, -0.1) is 0 Å². The molecule has 2 N–H and O–H groups in total. The normalized spacial score (nSPS) is 11.4. The van der Waals surface area contributed by atoms with Gasteiger partial charge in [0, 0.05) is 12.2 Å². The highest BCUT2D eigenvalue weighted by molar-refractivity contribution is 5.44. The van der Waals surface area contributed by atoms with Gasteiger partial charge in [0.05, 0.1) is 5.60 Å². The highest BCUT2D eigenvalue weighted by Gasteiger charge is 2.10. The van der Waals surface area contributed by atoms with E-state index in [4.69, 9.17) is 0 Å². The molecular formula is C11H17NO. The van der Waals surface area contributed by atoms with Crippen molar-refractivity contribution >= 4 is 5.69 Å². The van der Waals surface area contributed by atoms with Gasteiger partial charge in [-0.1, -0.05) is 17.7 Å². The van der Waals surface area contributed by atoms with Crippen molar-refractivity contribution in [1.82, 2.24) is 0 Å². The highest BCUT2D eigenvalue weighted by Crippen LogP contribution is 2.10. The molecule has 0 spiro atoms. The third-order valence-corrected chi connectivity index (χ3v) is 1.78. The minimum absolute atomic E-state index is 0.566. The summed E-state index contributed by atoms with van der Waals surface area (Å²) in [6.45, 7) is 6.19. The summed E-state index contributed by atoms with van der Waals surface area (Å²) in [4.78, 5) is 0. The molecule has 0 fully saturated rings. The Morgan fingerprint density at radius 2 is 1.77 bits per heavy atom.